The van der Waals surface area contributed by atoms with Gasteiger partial charge in [-0.25, -0.2) is 0 Å². The van der Waals surface area contributed by atoms with E-state index in [9.17, 15) is 18.0 Å². The maximum absolute atomic E-state index is 12.3. The quantitative estimate of drug-likeness (QED) is 0.449. The fourth-order valence-electron chi connectivity index (χ4n) is 1.14. The van der Waals surface area contributed by atoms with Crippen LogP contribution in [0.3, 0.4) is 0 Å². The topological polar surface area (TPSA) is 17.1 Å². The molecule has 0 spiro atoms. The lowest BCUT2D eigenvalue weighted by molar-refractivity contribution is -0.0328. The number of carbonyl (C=O) groups excluding carboxylic acids is 1. The third-order valence-corrected chi connectivity index (χ3v) is 3.95. The van der Waals surface area contributed by atoms with Crippen molar-refractivity contribution in [1.29, 1.82) is 0 Å². The second-order valence-corrected chi connectivity index (χ2v) is 5.18. The Balaban J connectivity index is 3.19. The summed E-state index contributed by atoms with van der Waals surface area (Å²) in [5.41, 5.74) is -4.22. The average Bonchev–Trinajstić information content (AvgIpc) is 2.18. The van der Waals surface area contributed by atoms with Crippen LogP contribution in [0, 0.1) is 3.57 Å². The van der Waals surface area contributed by atoms with Crippen molar-refractivity contribution in [3.05, 3.63) is 27.3 Å². The van der Waals surface area contributed by atoms with Gasteiger partial charge in [-0.1, -0.05) is 19.1 Å². The molecule has 88 valence electrons. The van der Waals surface area contributed by atoms with E-state index in [4.69, 9.17) is 0 Å². The molecule has 0 heterocycles. The lowest BCUT2D eigenvalue weighted by atomic mass is 10.1. The number of rotatable bonds is 3. The molecule has 1 aromatic rings. The van der Waals surface area contributed by atoms with Gasteiger partial charge in [-0.3, -0.25) is 4.79 Å². The molecule has 0 saturated carbocycles. The minimum absolute atomic E-state index is 0.00227. The number of hydrogen-bond donors (Lipinski definition) is 0. The number of halogens is 4. The zero-order chi connectivity index (χ0) is 12.3. The predicted molar refractivity (Wildman–Crippen MR) is 65.7 cm³/mol. The molecule has 6 heteroatoms. The molecule has 0 aliphatic heterocycles. The second kappa shape index (κ2) is 5.39. The summed E-state index contributed by atoms with van der Waals surface area (Å²) >= 11 is 1.57. The Bertz CT molecular complexity index is 404. The minimum atomic E-state index is -4.37. The highest BCUT2D eigenvalue weighted by atomic mass is 127. The van der Waals surface area contributed by atoms with Crippen LogP contribution in [0.4, 0.5) is 13.2 Å². The van der Waals surface area contributed by atoms with Crippen molar-refractivity contribution in [1.82, 2.24) is 0 Å². The first-order valence-electron chi connectivity index (χ1n) is 4.42. The molecule has 0 N–H and O–H groups in total. The Hall–Kier alpha value is -0.240. The number of hydrogen-bond acceptors (Lipinski definition) is 2. The van der Waals surface area contributed by atoms with E-state index in [2.05, 4.69) is 0 Å². The van der Waals surface area contributed by atoms with Gasteiger partial charge in [0.1, 0.15) is 0 Å². The number of ketones is 1. The fraction of sp³-hybridized carbons (Fsp3) is 0.300. The van der Waals surface area contributed by atoms with Crippen molar-refractivity contribution < 1.29 is 18.0 Å². The van der Waals surface area contributed by atoms with Gasteiger partial charge in [0.25, 0.3) is 0 Å². The van der Waals surface area contributed by atoms with E-state index in [1.54, 1.807) is 41.6 Å². The standard InChI is InChI=1S/C10H8F3IOS/c1-2-8(15)6-4-3-5-7(14)9(6)16-10(11,12)13/h3-5H,2H2,1H3. The van der Waals surface area contributed by atoms with Gasteiger partial charge in [0.05, 0.1) is 0 Å². The van der Waals surface area contributed by atoms with E-state index in [1.807, 2.05) is 0 Å². The molecule has 0 saturated heterocycles. The average molecular weight is 360 g/mol. The van der Waals surface area contributed by atoms with Crippen LogP contribution in [0.1, 0.15) is 23.7 Å². The molecule has 0 atom stereocenters. The fourth-order valence-corrected chi connectivity index (χ4v) is 2.66. The Morgan fingerprint density at radius 3 is 2.56 bits per heavy atom. The molecule has 0 radical (unpaired) electrons. The van der Waals surface area contributed by atoms with Gasteiger partial charge in [0.15, 0.2) is 5.78 Å². The normalized spacial score (nSPS) is 11.6. The Morgan fingerprint density at radius 1 is 1.44 bits per heavy atom. The van der Waals surface area contributed by atoms with Gasteiger partial charge >= 0.3 is 5.51 Å². The zero-order valence-electron chi connectivity index (χ0n) is 8.27. The Morgan fingerprint density at radius 2 is 2.06 bits per heavy atom. The van der Waals surface area contributed by atoms with E-state index < -0.39 is 5.51 Å². The van der Waals surface area contributed by atoms with E-state index in [0.29, 0.717) is 3.57 Å². The van der Waals surface area contributed by atoms with E-state index in [-0.39, 0.29) is 34.4 Å². The molecular formula is C10H8F3IOS. The molecule has 0 aliphatic rings. The Kier molecular flexibility index (Phi) is 4.66. The van der Waals surface area contributed by atoms with Gasteiger partial charge in [-0.2, -0.15) is 13.2 Å². The summed E-state index contributed by atoms with van der Waals surface area (Å²) in [7, 11) is 0. The minimum Gasteiger partial charge on any atom is -0.294 e. The van der Waals surface area contributed by atoms with E-state index in [1.165, 1.54) is 6.07 Å². The first-order valence-corrected chi connectivity index (χ1v) is 6.32. The third kappa shape index (κ3) is 3.65. The van der Waals surface area contributed by atoms with Crippen molar-refractivity contribution in [2.24, 2.45) is 0 Å². The molecular weight excluding hydrogens is 352 g/mol. The van der Waals surface area contributed by atoms with Crippen LogP contribution in [-0.4, -0.2) is 11.3 Å². The highest BCUT2D eigenvalue weighted by molar-refractivity contribution is 14.1. The third-order valence-electron chi connectivity index (χ3n) is 1.81. The van der Waals surface area contributed by atoms with Crippen LogP contribution in [0.5, 0.6) is 0 Å². The van der Waals surface area contributed by atoms with Crippen molar-refractivity contribution in [3.63, 3.8) is 0 Å². The van der Waals surface area contributed by atoms with Crippen LogP contribution < -0.4 is 0 Å². The molecule has 1 aromatic carbocycles. The van der Waals surface area contributed by atoms with Gasteiger partial charge in [0.2, 0.25) is 0 Å². The van der Waals surface area contributed by atoms with Gasteiger partial charge in [0, 0.05) is 20.4 Å². The van der Waals surface area contributed by atoms with Crippen molar-refractivity contribution in [3.8, 4) is 0 Å². The highest BCUT2D eigenvalue weighted by Gasteiger charge is 2.32. The molecule has 0 aromatic heterocycles. The monoisotopic (exact) mass is 360 g/mol. The van der Waals surface area contributed by atoms with Crippen LogP contribution in [0.25, 0.3) is 0 Å². The van der Waals surface area contributed by atoms with Crippen molar-refractivity contribution in [2.75, 3.05) is 0 Å². The maximum Gasteiger partial charge on any atom is 0.446 e. The smallest absolute Gasteiger partial charge is 0.294 e. The largest absolute Gasteiger partial charge is 0.446 e. The molecule has 1 nitrogen and oxygen atoms in total. The molecule has 0 bridgehead atoms. The summed E-state index contributed by atoms with van der Waals surface area (Å²) in [6.45, 7) is 1.63. The predicted octanol–water partition coefficient (Wildman–Crippen LogP) is 4.50. The van der Waals surface area contributed by atoms with E-state index in [0.717, 1.165) is 0 Å². The summed E-state index contributed by atoms with van der Waals surface area (Å²) < 4.78 is 37.4. The SMILES string of the molecule is CCC(=O)c1cccc(I)c1SC(F)(F)F. The Labute approximate surface area is 109 Å². The summed E-state index contributed by atoms with van der Waals surface area (Å²) in [5, 5.41) is 0. The number of benzene rings is 1. The summed E-state index contributed by atoms with van der Waals surface area (Å²) in [4.78, 5) is 11.5. The molecule has 0 amide bonds. The van der Waals surface area contributed by atoms with Gasteiger partial charge < -0.3 is 0 Å². The van der Waals surface area contributed by atoms with Crippen LogP contribution in [0.15, 0.2) is 23.1 Å². The molecule has 1 rings (SSSR count). The number of alkyl halides is 3. The number of carbonyl (C=O) groups is 1. The van der Waals surface area contributed by atoms with Crippen LogP contribution in [0.2, 0.25) is 0 Å². The zero-order valence-corrected chi connectivity index (χ0v) is 11.2. The number of thioether (sulfide) groups is 1. The van der Waals surface area contributed by atoms with Crippen molar-refractivity contribution >= 4 is 40.1 Å². The summed E-state index contributed by atoms with van der Waals surface area (Å²) in [6.07, 6.45) is 0.200. The maximum atomic E-state index is 12.3. The lowest BCUT2D eigenvalue weighted by Gasteiger charge is -2.11. The van der Waals surface area contributed by atoms with Gasteiger partial charge in [-0.05, 0) is 40.4 Å². The molecule has 0 unspecified atom stereocenters. The lowest BCUT2D eigenvalue weighted by Crippen LogP contribution is -2.06. The first-order chi connectivity index (χ1) is 7.35. The highest BCUT2D eigenvalue weighted by Crippen LogP contribution is 2.41. The molecule has 16 heavy (non-hydrogen) atoms. The van der Waals surface area contributed by atoms with E-state index >= 15 is 0 Å². The molecule has 0 aliphatic carbocycles. The van der Waals surface area contributed by atoms with Gasteiger partial charge in [-0.15, -0.1) is 0 Å². The van der Waals surface area contributed by atoms with Crippen molar-refractivity contribution in [2.45, 2.75) is 23.7 Å². The van der Waals surface area contributed by atoms with Crippen LogP contribution in [-0.2, 0) is 0 Å². The van der Waals surface area contributed by atoms with Crippen LogP contribution >= 0.6 is 34.4 Å². The number of Topliss-reactive ketones (excluding diaryl/α,β-unsaturated/α-hetero) is 1. The first kappa shape index (κ1) is 13.8. The molecule has 0 fully saturated rings. The summed E-state index contributed by atoms with van der Waals surface area (Å²) in [5.74, 6) is -0.273. The second-order valence-electron chi connectivity index (χ2n) is 2.94. The summed E-state index contributed by atoms with van der Waals surface area (Å²) in [6, 6.07) is 4.58.